The predicted octanol–water partition coefficient (Wildman–Crippen LogP) is 4.14. The Hall–Kier alpha value is -2.07. The molecule has 0 N–H and O–H groups in total. The zero-order valence-electron chi connectivity index (χ0n) is 10.9. The first-order valence-corrected chi connectivity index (χ1v) is 7.61. The van der Waals surface area contributed by atoms with Crippen molar-refractivity contribution in [1.82, 2.24) is 15.0 Å². The van der Waals surface area contributed by atoms with E-state index in [-0.39, 0.29) is 0 Å². The first-order chi connectivity index (χ1) is 9.92. The van der Waals surface area contributed by atoms with E-state index in [1.165, 1.54) is 24.0 Å². The summed E-state index contributed by atoms with van der Waals surface area (Å²) in [6.07, 6.45) is 8.19. The van der Waals surface area contributed by atoms with Crippen molar-refractivity contribution >= 4 is 11.3 Å². The molecule has 1 fully saturated rings. The van der Waals surface area contributed by atoms with Crippen LogP contribution in [0.25, 0.3) is 22.0 Å². The van der Waals surface area contributed by atoms with Gasteiger partial charge in [0.2, 0.25) is 0 Å². The topological polar surface area (TPSA) is 38.7 Å². The summed E-state index contributed by atoms with van der Waals surface area (Å²) in [7, 11) is 0. The summed E-state index contributed by atoms with van der Waals surface area (Å²) in [5, 5.41) is 3.11. The van der Waals surface area contributed by atoms with Gasteiger partial charge in [0, 0.05) is 29.5 Å². The van der Waals surface area contributed by atoms with E-state index in [4.69, 9.17) is 4.98 Å². The molecule has 20 heavy (non-hydrogen) atoms. The Kier molecular flexibility index (Phi) is 2.81. The molecule has 0 atom stereocenters. The third kappa shape index (κ3) is 2.12. The molecule has 3 nitrogen and oxygen atoms in total. The molecule has 1 aliphatic carbocycles. The van der Waals surface area contributed by atoms with Crippen LogP contribution >= 0.6 is 11.3 Å². The van der Waals surface area contributed by atoms with Gasteiger partial charge >= 0.3 is 0 Å². The highest BCUT2D eigenvalue weighted by molar-refractivity contribution is 7.13. The standard InChI is InChI=1S/C16H13N3S/c1-2-7-18-14(3-1)15-10-20-16(19-15)13-9-17-8-6-12(13)11-4-5-11/h1-3,6-11H,4-5H2. The summed E-state index contributed by atoms with van der Waals surface area (Å²) in [6, 6.07) is 8.03. The Morgan fingerprint density at radius 3 is 2.80 bits per heavy atom. The van der Waals surface area contributed by atoms with Gasteiger partial charge in [0.25, 0.3) is 0 Å². The molecule has 0 bridgehead atoms. The van der Waals surface area contributed by atoms with E-state index in [0.717, 1.165) is 16.4 Å². The van der Waals surface area contributed by atoms with Gasteiger partial charge in [-0.3, -0.25) is 9.97 Å². The zero-order chi connectivity index (χ0) is 13.4. The van der Waals surface area contributed by atoms with E-state index in [9.17, 15) is 0 Å². The maximum Gasteiger partial charge on any atom is 0.125 e. The summed E-state index contributed by atoms with van der Waals surface area (Å²) in [5.74, 6) is 0.704. The van der Waals surface area contributed by atoms with Crippen molar-refractivity contribution in [3.05, 3.63) is 53.8 Å². The van der Waals surface area contributed by atoms with E-state index in [1.54, 1.807) is 17.5 Å². The number of pyridine rings is 2. The van der Waals surface area contributed by atoms with Crippen LogP contribution in [0.1, 0.15) is 24.3 Å². The van der Waals surface area contributed by atoms with Gasteiger partial charge in [-0.25, -0.2) is 4.98 Å². The van der Waals surface area contributed by atoms with E-state index in [0.29, 0.717) is 5.92 Å². The van der Waals surface area contributed by atoms with Crippen LogP contribution in [0, 0.1) is 0 Å². The van der Waals surface area contributed by atoms with Crippen molar-refractivity contribution in [3.63, 3.8) is 0 Å². The first kappa shape index (κ1) is 11.7. The zero-order valence-corrected chi connectivity index (χ0v) is 11.7. The lowest BCUT2D eigenvalue weighted by Gasteiger charge is -2.04. The fourth-order valence-electron chi connectivity index (χ4n) is 2.36. The van der Waals surface area contributed by atoms with E-state index < -0.39 is 0 Å². The van der Waals surface area contributed by atoms with Crippen molar-refractivity contribution in [2.75, 3.05) is 0 Å². The summed E-state index contributed by atoms with van der Waals surface area (Å²) in [5.41, 5.74) is 4.44. The first-order valence-electron chi connectivity index (χ1n) is 6.73. The highest BCUT2D eigenvalue weighted by Crippen LogP contribution is 2.44. The molecular formula is C16H13N3S. The minimum Gasteiger partial charge on any atom is -0.264 e. The van der Waals surface area contributed by atoms with Crippen LogP contribution in [0.4, 0.5) is 0 Å². The third-order valence-electron chi connectivity index (χ3n) is 3.53. The SMILES string of the molecule is c1ccc(-c2csc(-c3cnccc3C3CC3)n2)nc1. The van der Waals surface area contributed by atoms with Crippen molar-refractivity contribution in [2.45, 2.75) is 18.8 Å². The van der Waals surface area contributed by atoms with Crippen molar-refractivity contribution < 1.29 is 0 Å². The number of hydrogen-bond acceptors (Lipinski definition) is 4. The second-order valence-corrected chi connectivity index (χ2v) is 5.85. The largest absolute Gasteiger partial charge is 0.264 e. The minimum atomic E-state index is 0.704. The van der Waals surface area contributed by atoms with Gasteiger partial charge in [-0.1, -0.05) is 6.07 Å². The normalized spacial score (nSPS) is 14.4. The van der Waals surface area contributed by atoms with Gasteiger partial charge in [0.1, 0.15) is 10.7 Å². The fraction of sp³-hybridized carbons (Fsp3) is 0.188. The summed E-state index contributed by atoms with van der Waals surface area (Å²) in [4.78, 5) is 13.4. The van der Waals surface area contributed by atoms with Gasteiger partial charge < -0.3 is 0 Å². The average Bonchev–Trinajstić information content (AvgIpc) is 3.25. The number of rotatable bonds is 3. The molecule has 3 heterocycles. The van der Waals surface area contributed by atoms with Gasteiger partial charge in [-0.05, 0) is 42.5 Å². The molecule has 4 heteroatoms. The monoisotopic (exact) mass is 279 g/mol. The van der Waals surface area contributed by atoms with Crippen LogP contribution in [0.2, 0.25) is 0 Å². The van der Waals surface area contributed by atoms with Gasteiger partial charge in [0.05, 0.1) is 5.69 Å². The molecule has 1 aliphatic rings. The van der Waals surface area contributed by atoms with Crippen molar-refractivity contribution in [2.24, 2.45) is 0 Å². The predicted molar refractivity (Wildman–Crippen MR) is 80.6 cm³/mol. The summed E-state index contributed by atoms with van der Waals surface area (Å²) < 4.78 is 0. The molecule has 3 aromatic rings. The molecule has 0 amide bonds. The Morgan fingerprint density at radius 2 is 2.00 bits per heavy atom. The maximum absolute atomic E-state index is 4.74. The van der Waals surface area contributed by atoms with E-state index in [1.807, 2.05) is 30.6 Å². The van der Waals surface area contributed by atoms with Crippen LogP contribution in [0.15, 0.2) is 48.2 Å². The molecule has 0 aromatic carbocycles. The molecule has 0 spiro atoms. The van der Waals surface area contributed by atoms with Crippen LogP contribution in [-0.4, -0.2) is 15.0 Å². The summed E-state index contributed by atoms with van der Waals surface area (Å²) >= 11 is 1.67. The molecule has 0 aliphatic heterocycles. The molecule has 1 saturated carbocycles. The third-order valence-corrected chi connectivity index (χ3v) is 4.41. The Labute approximate surface area is 121 Å². The lowest BCUT2D eigenvalue weighted by atomic mass is 10.1. The number of hydrogen-bond donors (Lipinski definition) is 0. The number of nitrogens with zero attached hydrogens (tertiary/aromatic N) is 3. The molecular weight excluding hydrogens is 266 g/mol. The second-order valence-electron chi connectivity index (χ2n) is 4.99. The van der Waals surface area contributed by atoms with Crippen molar-refractivity contribution in [1.29, 1.82) is 0 Å². The van der Waals surface area contributed by atoms with Crippen LogP contribution in [0.3, 0.4) is 0 Å². The Balaban J connectivity index is 1.75. The quantitative estimate of drug-likeness (QED) is 0.723. The van der Waals surface area contributed by atoms with E-state index >= 15 is 0 Å². The lowest BCUT2D eigenvalue weighted by molar-refractivity contribution is 1.11. The highest BCUT2D eigenvalue weighted by Gasteiger charge is 2.27. The smallest absolute Gasteiger partial charge is 0.125 e. The fourth-order valence-corrected chi connectivity index (χ4v) is 3.21. The molecule has 0 radical (unpaired) electrons. The molecule has 3 aromatic heterocycles. The molecule has 0 unspecified atom stereocenters. The van der Waals surface area contributed by atoms with Crippen molar-refractivity contribution in [3.8, 4) is 22.0 Å². The maximum atomic E-state index is 4.74. The van der Waals surface area contributed by atoms with Gasteiger partial charge in [0.15, 0.2) is 0 Å². The van der Waals surface area contributed by atoms with Gasteiger partial charge in [-0.15, -0.1) is 11.3 Å². The van der Waals surface area contributed by atoms with Gasteiger partial charge in [-0.2, -0.15) is 0 Å². The molecule has 4 rings (SSSR count). The molecule has 0 saturated heterocycles. The molecule has 98 valence electrons. The highest BCUT2D eigenvalue weighted by atomic mass is 32.1. The van der Waals surface area contributed by atoms with E-state index in [2.05, 4.69) is 21.4 Å². The second kappa shape index (κ2) is 4.80. The lowest BCUT2D eigenvalue weighted by Crippen LogP contribution is -1.88. The Morgan fingerprint density at radius 1 is 1.05 bits per heavy atom. The Bertz CT molecular complexity index is 732. The summed E-state index contributed by atoms with van der Waals surface area (Å²) in [6.45, 7) is 0. The van der Waals surface area contributed by atoms with Crippen LogP contribution in [0.5, 0.6) is 0 Å². The van der Waals surface area contributed by atoms with Crippen LogP contribution in [-0.2, 0) is 0 Å². The minimum absolute atomic E-state index is 0.704. The number of thiazole rings is 1. The number of aromatic nitrogens is 3. The average molecular weight is 279 g/mol. The van der Waals surface area contributed by atoms with Crippen LogP contribution < -0.4 is 0 Å².